The van der Waals surface area contributed by atoms with Crippen molar-refractivity contribution in [3.05, 3.63) is 48.0 Å². The Kier molecular flexibility index (Phi) is 5.22. The van der Waals surface area contributed by atoms with Gasteiger partial charge in [0.25, 0.3) is 5.91 Å². The van der Waals surface area contributed by atoms with Gasteiger partial charge >= 0.3 is 0 Å². The van der Waals surface area contributed by atoms with Gasteiger partial charge in [-0.3, -0.25) is 10.1 Å². The van der Waals surface area contributed by atoms with Gasteiger partial charge in [0.1, 0.15) is 23.6 Å². The summed E-state index contributed by atoms with van der Waals surface area (Å²) in [4.78, 5) is 17.1. The molecular weight excluding hydrogens is 364 g/mol. The minimum absolute atomic E-state index is 0.139. The quantitative estimate of drug-likeness (QED) is 0.692. The van der Waals surface area contributed by atoms with Crippen molar-refractivity contribution >= 4 is 32.6 Å². The minimum atomic E-state index is -0.226. The van der Waals surface area contributed by atoms with Crippen LogP contribution in [-0.2, 0) is 4.74 Å². The minimum Gasteiger partial charge on any atom is -0.494 e. The molecule has 1 aliphatic rings. The maximum absolute atomic E-state index is 12.6. The lowest BCUT2D eigenvalue weighted by atomic mass is 10.2. The summed E-state index contributed by atoms with van der Waals surface area (Å²) in [6.45, 7) is 1.30. The zero-order valence-corrected chi connectivity index (χ0v) is 15.8. The van der Waals surface area contributed by atoms with Crippen LogP contribution in [0.4, 0.5) is 5.13 Å². The summed E-state index contributed by atoms with van der Waals surface area (Å²) in [6.07, 6.45) is 2.23. The van der Waals surface area contributed by atoms with Gasteiger partial charge in [-0.05, 0) is 43.2 Å². The molecule has 1 unspecified atom stereocenters. The summed E-state index contributed by atoms with van der Waals surface area (Å²) in [5.41, 5.74) is 1.26. The molecule has 3 aromatic rings. The predicted octanol–water partition coefficient (Wildman–Crippen LogP) is 4.12. The van der Waals surface area contributed by atoms with Gasteiger partial charge in [-0.1, -0.05) is 23.5 Å². The molecule has 4 rings (SSSR count). The van der Waals surface area contributed by atoms with Crippen LogP contribution in [0.1, 0.15) is 23.2 Å². The maximum Gasteiger partial charge on any atom is 0.257 e. The average molecular weight is 384 g/mol. The van der Waals surface area contributed by atoms with Gasteiger partial charge in [-0.2, -0.15) is 0 Å². The second-order valence-electron chi connectivity index (χ2n) is 6.25. The van der Waals surface area contributed by atoms with Crippen molar-refractivity contribution in [3.63, 3.8) is 0 Å². The Morgan fingerprint density at radius 3 is 3.04 bits per heavy atom. The number of nitrogens with one attached hydrogen (secondary N) is 1. The number of hydrogen-bond donors (Lipinski definition) is 1. The topological polar surface area (TPSA) is 69.7 Å². The fourth-order valence-electron chi connectivity index (χ4n) is 3.00. The first-order chi connectivity index (χ1) is 13.2. The van der Waals surface area contributed by atoms with E-state index in [9.17, 15) is 4.79 Å². The molecule has 0 bridgehead atoms. The first-order valence-corrected chi connectivity index (χ1v) is 9.64. The van der Waals surface area contributed by atoms with E-state index < -0.39 is 0 Å². The molecule has 1 aromatic heterocycles. The lowest BCUT2D eigenvalue weighted by Gasteiger charge is -2.12. The number of carbonyl (C=O) groups is 1. The molecule has 1 aliphatic heterocycles. The number of methoxy groups -OCH3 is 1. The van der Waals surface area contributed by atoms with E-state index in [1.807, 2.05) is 24.3 Å². The molecule has 1 atom stereocenters. The van der Waals surface area contributed by atoms with Gasteiger partial charge in [-0.25, -0.2) is 4.98 Å². The Bertz CT molecular complexity index is 950. The van der Waals surface area contributed by atoms with E-state index in [0.29, 0.717) is 28.8 Å². The number of aromatic nitrogens is 1. The second-order valence-corrected chi connectivity index (χ2v) is 7.28. The highest BCUT2D eigenvalue weighted by atomic mass is 32.1. The molecule has 2 aromatic carbocycles. The number of thiazole rings is 1. The van der Waals surface area contributed by atoms with Gasteiger partial charge in [0, 0.05) is 12.2 Å². The molecule has 0 radical (unpaired) electrons. The summed E-state index contributed by atoms with van der Waals surface area (Å²) in [5.74, 6) is 1.12. The molecule has 0 spiro atoms. The number of amides is 1. The monoisotopic (exact) mass is 384 g/mol. The molecule has 1 N–H and O–H groups in total. The van der Waals surface area contributed by atoms with E-state index in [-0.39, 0.29) is 12.0 Å². The maximum atomic E-state index is 12.6. The lowest BCUT2D eigenvalue weighted by Crippen LogP contribution is -2.16. The summed E-state index contributed by atoms with van der Waals surface area (Å²) in [5, 5.41) is 3.39. The van der Waals surface area contributed by atoms with Crippen molar-refractivity contribution in [1.29, 1.82) is 0 Å². The number of ether oxygens (including phenoxy) is 3. The number of hydrogen-bond acceptors (Lipinski definition) is 6. The molecule has 27 heavy (non-hydrogen) atoms. The van der Waals surface area contributed by atoms with Crippen LogP contribution in [0.3, 0.4) is 0 Å². The van der Waals surface area contributed by atoms with E-state index in [1.54, 1.807) is 25.3 Å². The van der Waals surface area contributed by atoms with Crippen LogP contribution in [0.25, 0.3) is 10.2 Å². The highest BCUT2D eigenvalue weighted by Crippen LogP contribution is 2.32. The van der Waals surface area contributed by atoms with E-state index >= 15 is 0 Å². The molecule has 7 heteroatoms. The summed E-state index contributed by atoms with van der Waals surface area (Å²) in [6, 6.07) is 12.8. The fourth-order valence-corrected chi connectivity index (χ4v) is 3.88. The second kappa shape index (κ2) is 7.94. The van der Waals surface area contributed by atoms with Crippen molar-refractivity contribution in [2.75, 3.05) is 25.6 Å². The molecule has 2 heterocycles. The third kappa shape index (κ3) is 4.04. The number of fused-ring (bicyclic) bond motifs is 1. The third-order valence-corrected chi connectivity index (χ3v) is 5.31. The van der Waals surface area contributed by atoms with Crippen LogP contribution in [0, 0.1) is 0 Å². The van der Waals surface area contributed by atoms with Crippen LogP contribution >= 0.6 is 11.3 Å². The number of benzene rings is 2. The standard InChI is InChI=1S/C20H20N2O4S/c1-24-16-8-3-9-17-18(16)21-20(27-17)22-19(23)13-5-2-6-14(11-13)26-12-15-7-4-10-25-15/h2-3,5-6,8-9,11,15H,4,7,10,12H2,1H3,(H,21,22,23). The van der Waals surface area contributed by atoms with E-state index in [0.717, 1.165) is 29.7 Å². The third-order valence-electron chi connectivity index (χ3n) is 4.38. The molecule has 1 saturated heterocycles. The van der Waals surface area contributed by atoms with E-state index in [4.69, 9.17) is 14.2 Å². The lowest BCUT2D eigenvalue weighted by molar-refractivity contribution is 0.0679. The van der Waals surface area contributed by atoms with Gasteiger partial charge < -0.3 is 14.2 Å². The molecule has 1 amide bonds. The van der Waals surface area contributed by atoms with Crippen molar-refractivity contribution < 1.29 is 19.0 Å². The molecular formula is C20H20N2O4S. The van der Waals surface area contributed by atoms with Gasteiger partial charge in [0.05, 0.1) is 17.9 Å². The molecule has 0 saturated carbocycles. The normalized spacial score (nSPS) is 16.4. The van der Waals surface area contributed by atoms with Crippen molar-refractivity contribution in [2.24, 2.45) is 0 Å². The number of para-hydroxylation sites is 1. The Labute approximate surface area is 161 Å². The van der Waals surface area contributed by atoms with E-state index in [2.05, 4.69) is 10.3 Å². The first kappa shape index (κ1) is 17.8. The summed E-state index contributed by atoms with van der Waals surface area (Å²) >= 11 is 1.41. The van der Waals surface area contributed by atoms with Crippen LogP contribution in [0.15, 0.2) is 42.5 Å². The van der Waals surface area contributed by atoms with Crippen molar-refractivity contribution in [2.45, 2.75) is 18.9 Å². The average Bonchev–Trinajstić information content (AvgIpc) is 3.35. The molecule has 1 fully saturated rings. The van der Waals surface area contributed by atoms with Crippen molar-refractivity contribution in [3.8, 4) is 11.5 Å². The predicted molar refractivity (Wildman–Crippen MR) is 105 cm³/mol. The smallest absolute Gasteiger partial charge is 0.257 e. The van der Waals surface area contributed by atoms with Crippen LogP contribution < -0.4 is 14.8 Å². The van der Waals surface area contributed by atoms with Crippen LogP contribution in [-0.4, -0.2) is 37.3 Å². The van der Waals surface area contributed by atoms with Crippen LogP contribution in [0.5, 0.6) is 11.5 Å². The Balaban J connectivity index is 1.45. The number of anilines is 1. The fraction of sp³-hybridized carbons (Fsp3) is 0.300. The highest BCUT2D eigenvalue weighted by Gasteiger charge is 2.17. The molecule has 140 valence electrons. The molecule has 0 aliphatic carbocycles. The zero-order valence-electron chi connectivity index (χ0n) is 14.9. The Morgan fingerprint density at radius 1 is 1.33 bits per heavy atom. The highest BCUT2D eigenvalue weighted by molar-refractivity contribution is 7.22. The number of nitrogens with zero attached hydrogens (tertiary/aromatic N) is 1. The van der Waals surface area contributed by atoms with Crippen molar-refractivity contribution in [1.82, 2.24) is 4.98 Å². The Morgan fingerprint density at radius 2 is 2.22 bits per heavy atom. The van der Waals surface area contributed by atoms with Gasteiger partial charge in [0.15, 0.2) is 5.13 Å². The first-order valence-electron chi connectivity index (χ1n) is 8.82. The van der Waals surface area contributed by atoms with Gasteiger partial charge in [-0.15, -0.1) is 0 Å². The molecule has 6 nitrogen and oxygen atoms in total. The summed E-state index contributed by atoms with van der Waals surface area (Å²) in [7, 11) is 1.61. The van der Waals surface area contributed by atoms with Crippen LogP contribution in [0.2, 0.25) is 0 Å². The summed E-state index contributed by atoms with van der Waals surface area (Å²) < 4.78 is 17.6. The number of rotatable bonds is 6. The largest absolute Gasteiger partial charge is 0.494 e. The zero-order chi connectivity index (χ0) is 18.6. The SMILES string of the molecule is COc1cccc2sc(NC(=O)c3cccc(OCC4CCCO4)c3)nc12. The van der Waals surface area contributed by atoms with E-state index in [1.165, 1.54) is 11.3 Å². The Hall–Kier alpha value is -2.64. The number of carbonyl (C=O) groups excluding carboxylic acids is 1. The van der Waals surface area contributed by atoms with Gasteiger partial charge in [0.2, 0.25) is 0 Å².